The van der Waals surface area contributed by atoms with Crippen LogP contribution in [0, 0.1) is 23.3 Å². The monoisotopic (exact) mass is 371 g/mol. The Kier molecular flexibility index (Phi) is 5.50. The van der Waals surface area contributed by atoms with Crippen molar-refractivity contribution in [3.05, 3.63) is 47.1 Å². The van der Waals surface area contributed by atoms with Gasteiger partial charge in [-0.1, -0.05) is 0 Å². The van der Waals surface area contributed by atoms with Gasteiger partial charge in [0, 0.05) is 43.5 Å². The van der Waals surface area contributed by atoms with Crippen LogP contribution < -0.4 is 4.74 Å². The second kappa shape index (κ2) is 7.65. The zero-order chi connectivity index (χ0) is 18.8. The van der Waals surface area contributed by atoms with Crippen LogP contribution in [0.25, 0.3) is 0 Å². The van der Waals surface area contributed by atoms with Gasteiger partial charge in [0.2, 0.25) is 11.6 Å². The number of ether oxygens (including phenoxy) is 1. The van der Waals surface area contributed by atoms with Crippen LogP contribution in [-0.4, -0.2) is 34.7 Å². The maximum absolute atomic E-state index is 14.2. The Morgan fingerprint density at radius 1 is 1.15 bits per heavy atom. The van der Waals surface area contributed by atoms with Crippen LogP contribution in [0.5, 0.6) is 5.75 Å². The summed E-state index contributed by atoms with van der Waals surface area (Å²) in [7, 11) is 0.963. The molecule has 1 aromatic carbocycles. The van der Waals surface area contributed by atoms with E-state index in [1.807, 2.05) is 17.7 Å². The van der Waals surface area contributed by atoms with Crippen molar-refractivity contribution in [3.63, 3.8) is 0 Å². The molecule has 3 rings (SSSR count). The largest absolute Gasteiger partial charge is 0.491 e. The summed E-state index contributed by atoms with van der Waals surface area (Å²) in [5, 5.41) is 0. The highest BCUT2D eigenvalue weighted by molar-refractivity contribution is 5.34. The van der Waals surface area contributed by atoms with Crippen LogP contribution in [0.15, 0.2) is 12.4 Å². The third-order valence-corrected chi connectivity index (χ3v) is 4.86. The van der Waals surface area contributed by atoms with Gasteiger partial charge in [-0.15, -0.1) is 0 Å². The number of halogens is 4. The smallest absolute Gasteiger partial charge is 0.204 e. The van der Waals surface area contributed by atoms with Crippen molar-refractivity contribution < 1.29 is 22.3 Å². The van der Waals surface area contributed by atoms with Gasteiger partial charge in [-0.05, 0) is 26.3 Å². The van der Waals surface area contributed by atoms with E-state index < -0.39 is 34.6 Å². The Labute approximate surface area is 149 Å². The SMILES string of the molecule is CCn1ccnc1[C@H]1CCCN(Cc2c(F)c(F)c(OC)c(F)c2F)C1. The topological polar surface area (TPSA) is 30.3 Å². The lowest BCUT2D eigenvalue weighted by Gasteiger charge is -2.32. The van der Waals surface area contributed by atoms with Crippen molar-refractivity contribution in [2.24, 2.45) is 0 Å². The Morgan fingerprint density at radius 3 is 2.46 bits per heavy atom. The normalized spacial score (nSPS) is 18.3. The first-order valence-corrected chi connectivity index (χ1v) is 8.60. The number of methoxy groups -OCH3 is 1. The molecule has 1 aliphatic rings. The Balaban J connectivity index is 1.83. The number of rotatable bonds is 5. The summed E-state index contributed by atoms with van der Waals surface area (Å²) >= 11 is 0. The lowest BCUT2D eigenvalue weighted by molar-refractivity contribution is 0.188. The highest BCUT2D eigenvalue weighted by Gasteiger charge is 2.30. The van der Waals surface area contributed by atoms with Crippen molar-refractivity contribution in [2.75, 3.05) is 20.2 Å². The van der Waals surface area contributed by atoms with Crippen molar-refractivity contribution in [3.8, 4) is 5.75 Å². The number of aromatic nitrogens is 2. The molecule has 0 aliphatic carbocycles. The maximum Gasteiger partial charge on any atom is 0.204 e. The summed E-state index contributed by atoms with van der Waals surface area (Å²) < 4.78 is 62.7. The second-order valence-corrected chi connectivity index (χ2v) is 6.41. The van der Waals surface area contributed by atoms with Crippen molar-refractivity contribution in [2.45, 2.75) is 38.8 Å². The maximum atomic E-state index is 14.2. The zero-order valence-corrected chi connectivity index (χ0v) is 14.7. The zero-order valence-electron chi connectivity index (χ0n) is 14.7. The predicted molar refractivity (Wildman–Crippen MR) is 88.0 cm³/mol. The quantitative estimate of drug-likeness (QED) is 0.591. The van der Waals surface area contributed by atoms with Gasteiger partial charge in [-0.25, -0.2) is 13.8 Å². The number of hydrogen-bond donors (Lipinski definition) is 0. The first-order valence-electron chi connectivity index (χ1n) is 8.60. The summed E-state index contributed by atoms with van der Waals surface area (Å²) in [5.41, 5.74) is -0.611. The number of nitrogens with zero attached hydrogens (tertiary/aromatic N) is 3. The molecule has 1 fully saturated rings. The number of piperidine rings is 1. The number of hydrogen-bond acceptors (Lipinski definition) is 3. The fourth-order valence-corrected chi connectivity index (χ4v) is 3.56. The molecule has 1 atom stereocenters. The van der Waals surface area contributed by atoms with Crippen molar-refractivity contribution in [1.82, 2.24) is 14.5 Å². The number of benzene rings is 1. The van der Waals surface area contributed by atoms with Crippen molar-refractivity contribution >= 4 is 0 Å². The average Bonchev–Trinajstić information content (AvgIpc) is 3.13. The standard InChI is InChI=1S/C18H21F4N3O/c1-3-25-8-6-23-18(25)11-5-4-7-24(9-11)10-12-13(19)15(21)17(26-2)16(22)14(12)20/h6,8,11H,3-5,7,9-10H2,1-2H3/t11-/m0/s1. The molecule has 2 aromatic rings. The molecule has 0 radical (unpaired) electrons. The minimum absolute atomic E-state index is 0.109. The molecule has 142 valence electrons. The van der Waals surface area contributed by atoms with Crippen LogP contribution in [0.2, 0.25) is 0 Å². The molecule has 0 amide bonds. The first-order chi connectivity index (χ1) is 12.5. The molecule has 1 aliphatic heterocycles. The van der Waals surface area contributed by atoms with Crippen LogP contribution >= 0.6 is 0 Å². The first kappa shape index (κ1) is 18.7. The van der Waals surface area contributed by atoms with Gasteiger partial charge < -0.3 is 9.30 Å². The van der Waals surface area contributed by atoms with E-state index in [0.29, 0.717) is 13.1 Å². The summed E-state index contributed by atoms with van der Waals surface area (Å²) in [6, 6.07) is 0. The summed E-state index contributed by atoms with van der Waals surface area (Å²) in [5.74, 6) is -5.82. The minimum Gasteiger partial charge on any atom is -0.491 e. The molecular weight excluding hydrogens is 350 g/mol. The van der Waals surface area contributed by atoms with E-state index in [1.54, 1.807) is 11.1 Å². The number of imidazole rings is 1. The van der Waals surface area contributed by atoms with Crippen molar-refractivity contribution in [1.29, 1.82) is 0 Å². The molecule has 4 nitrogen and oxygen atoms in total. The highest BCUT2D eigenvalue weighted by atomic mass is 19.2. The van der Waals surface area contributed by atoms with Gasteiger partial charge in [0.1, 0.15) is 5.82 Å². The third-order valence-electron chi connectivity index (χ3n) is 4.86. The second-order valence-electron chi connectivity index (χ2n) is 6.41. The Bertz CT molecular complexity index is 764. The van der Waals surface area contributed by atoms with E-state index in [9.17, 15) is 17.6 Å². The van der Waals surface area contributed by atoms with Crippen LogP contribution in [0.1, 0.15) is 37.1 Å². The molecule has 1 saturated heterocycles. The summed E-state index contributed by atoms with van der Waals surface area (Å²) in [6.45, 7) is 3.70. The van der Waals surface area contributed by atoms with Gasteiger partial charge >= 0.3 is 0 Å². The van der Waals surface area contributed by atoms with Crippen LogP contribution in [0.3, 0.4) is 0 Å². The van der Waals surface area contributed by atoms with E-state index >= 15 is 0 Å². The molecule has 0 spiro atoms. The minimum atomic E-state index is -1.50. The molecule has 0 saturated carbocycles. The van der Waals surface area contributed by atoms with E-state index in [-0.39, 0.29) is 12.5 Å². The predicted octanol–water partition coefficient (Wildman–Crippen LogP) is 3.85. The van der Waals surface area contributed by atoms with E-state index in [2.05, 4.69) is 9.72 Å². The molecule has 1 aromatic heterocycles. The number of likely N-dealkylation sites (tertiary alicyclic amines) is 1. The Hall–Kier alpha value is -2.09. The van der Waals surface area contributed by atoms with Gasteiger partial charge in [0.15, 0.2) is 17.4 Å². The van der Waals surface area contributed by atoms with E-state index in [1.165, 1.54) is 0 Å². The number of aryl methyl sites for hydroxylation is 1. The molecule has 0 N–H and O–H groups in total. The Morgan fingerprint density at radius 2 is 1.85 bits per heavy atom. The average molecular weight is 371 g/mol. The van der Waals surface area contributed by atoms with Crippen LogP contribution in [-0.2, 0) is 13.1 Å². The molecule has 0 bridgehead atoms. The van der Waals surface area contributed by atoms with Gasteiger partial charge in [0.05, 0.1) is 7.11 Å². The van der Waals surface area contributed by atoms with E-state index in [0.717, 1.165) is 32.3 Å². The molecule has 0 unspecified atom stereocenters. The lowest BCUT2D eigenvalue weighted by atomic mass is 9.96. The highest BCUT2D eigenvalue weighted by Crippen LogP contribution is 2.32. The van der Waals surface area contributed by atoms with Gasteiger partial charge in [0.25, 0.3) is 0 Å². The fraction of sp³-hybridized carbons (Fsp3) is 0.500. The third kappa shape index (κ3) is 3.30. The summed E-state index contributed by atoms with van der Waals surface area (Å²) in [6.07, 6.45) is 5.34. The van der Waals surface area contributed by atoms with Crippen LogP contribution in [0.4, 0.5) is 17.6 Å². The fourth-order valence-electron chi connectivity index (χ4n) is 3.56. The molecule has 26 heavy (non-hydrogen) atoms. The van der Waals surface area contributed by atoms with Gasteiger partial charge in [-0.3, -0.25) is 4.90 Å². The lowest BCUT2D eigenvalue weighted by Crippen LogP contribution is -2.35. The van der Waals surface area contributed by atoms with Gasteiger partial charge in [-0.2, -0.15) is 8.78 Å². The molecule has 2 heterocycles. The summed E-state index contributed by atoms with van der Waals surface area (Å²) in [4.78, 5) is 6.19. The van der Waals surface area contributed by atoms with E-state index in [4.69, 9.17) is 0 Å². The molecule has 8 heteroatoms. The molecular formula is C18H21F4N3O.